The molecule has 2 heterocycles. The molecular formula is C21H32ClIN6O2. The zero-order chi connectivity index (χ0) is 21.2. The Morgan fingerprint density at radius 1 is 1.35 bits per heavy atom. The number of methoxy groups -OCH3 is 1. The van der Waals surface area contributed by atoms with E-state index in [1.807, 2.05) is 24.3 Å². The lowest BCUT2D eigenvalue weighted by atomic mass is 10.1. The van der Waals surface area contributed by atoms with Gasteiger partial charge in [-0.1, -0.05) is 28.9 Å². The molecule has 31 heavy (non-hydrogen) atoms. The molecule has 0 aliphatic carbocycles. The summed E-state index contributed by atoms with van der Waals surface area (Å²) in [5.41, 5.74) is 0.844. The summed E-state index contributed by atoms with van der Waals surface area (Å²) in [6, 6.07) is 7.86. The van der Waals surface area contributed by atoms with Gasteiger partial charge in [-0.3, -0.25) is 4.99 Å². The van der Waals surface area contributed by atoms with Gasteiger partial charge >= 0.3 is 0 Å². The molecule has 0 atom stereocenters. The predicted octanol–water partition coefficient (Wildman–Crippen LogP) is 3.22. The minimum Gasteiger partial charge on any atom is -0.385 e. The van der Waals surface area contributed by atoms with Crippen molar-refractivity contribution in [1.29, 1.82) is 0 Å². The van der Waals surface area contributed by atoms with Crippen LogP contribution in [0.2, 0.25) is 5.02 Å². The van der Waals surface area contributed by atoms with E-state index >= 15 is 0 Å². The molecule has 1 saturated heterocycles. The molecule has 0 unspecified atom stereocenters. The number of benzene rings is 1. The third-order valence-corrected chi connectivity index (χ3v) is 5.39. The van der Waals surface area contributed by atoms with E-state index in [4.69, 9.17) is 20.9 Å². The number of likely N-dealkylation sites (tertiary alicyclic amines) is 1. The van der Waals surface area contributed by atoms with Crippen LogP contribution < -0.4 is 10.6 Å². The average Bonchev–Trinajstić information content (AvgIpc) is 3.23. The molecule has 1 aliphatic heterocycles. The highest BCUT2D eigenvalue weighted by Gasteiger charge is 2.19. The van der Waals surface area contributed by atoms with Crippen molar-refractivity contribution in [2.75, 3.05) is 46.9 Å². The van der Waals surface area contributed by atoms with E-state index in [1.165, 1.54) is 0 Å². The third-order valence-electron chi connectivity index (χ3n) is 5.16. The number of aromatic nitrogens is 2. The Kier molecular flexibility index (Phi) is 11.6. The molecule has 1 aromatic heterocycles. The summed E-state index contributed by atoms with van der Waals surface area (Å²) in [6.45, 7) is 4.80. The highest BCUT2D eigenvalue weighted by molar-refractivity contribution is 14.0. The maximum atomic E-state index is 6.03. The van der Waals surface area contributed by atoms with Crippen LogP contribution in [0.25, 0.3) is 11.4 Å². The fourth-order valence-electron chi connectivity index (χ4n) is 3.51. The molecule has 2 aromatic rings. The van der Waals surface area contributed by atoms with E-state index in [0.717, 1.165) is 57.0 Å². The zero-order valence-corrected chi connectivity index (χ0v) is 21.2. The summed E-state index contributed by atoms with van der Waals surface area (Å²) in [4.78, 5) is 11.3. The molecular weight excluding hydrogens is 531 g/mol. The molecule has 1 aliphatic rings. The van der Waals surface area contributed by atoms with Gasteiger partial charge in [0.25, 0.3) is 0 Å². The number of guanidine groups is 1. The van der Waals surface area contributed by atoms with Crippen LogP contribution in [0.5, 0.6) is 0 Å². The van der Waals surface area contributed by atoms with Crippen molar-refractivity contribution in [3.63, 3.8) is 0 Å². The molecule has 1 fully saturated rings. The predicted molar refractivity (Wildman–Crippen MR) is 134 cm³/mol. The van der Waals surface area contributed by atoms with Crippen molar-refractivity contribution in [3.8, 4) is 11.4 Å². The van der Waals surface area contributed by atoms with Crippen molar-refractivity contribution in [2.45, 2.75) is 31.7 Å². The number of ether oxygens (including phenoxy) is 1. The quantitative estimate of drug-likeness (QED) is 0.210. The van der Waals surface area contributed by atoms with E-state index in [2.05, 4.69) is 30.7 Å². The molecule has 0 saturated carbocycles. The van der Waals surface area contributed by atoms with Crippen LogP contribution in [0, 0.1) is 0 Å². The van der Waals surface area contributed by atoms with E-state index in [9.17, 15) is 0 Å². The number of hydrogen-bond donors (Lipinski definition) is 2. The van der Waals surface area contributed by atoms with Crippen LogP contribution >= 0.6 is 35.6 Å². The van der Waals surface area contributed by atoms with Crippen LogP contribution in [-0.4, -0.2) is 74.0 Å². The number of hydrogen-bond acceptors (Lipinski definition) is 6. The third kappa shape index (κ3) is 8.55. The average molecular weight is 563 g/mol. The SMILES string of the molecule is CN=C(NCCc1nc(-c2cccc(Cl)c2)no1)NC1CCN(CCCOC)CC1.I. The minimum atomic E-state index is 0. The number of piperidine rings is 1. The van der Waals surface area contributed by atoms with Gasteiger partial charge in [-0.15, -0.1) is 24.0 Å². The van der Waals surface area contributed by atoms with Gasteiger partial charge < -0.3 is 24.8 Å². The summed E-state index contributed by atoms with van der Waals surface area (Å²) >= 11 is 6.03. The minimum absolute atomic E-state index is 0. The first-order valence-electron chi connectivity index (χ1n) is 10.4. The van der Waals surface area contributed by atoms with E-state index in [-0.39, 0.29) is 24.0 Å². The number of nitrogens with zero attached hydrogens (tertiary/aromatic N) is 4. The van der Waals surface area contributed by atoms with E-state index in [1.54, 1.807) is 14.2 Å². The Hall–Kier alpha value is -1.43. The van der Waals surface area contributed by atoms with Gasteiger partial charge in [-0.2, -0.15) is 4.98 Å². The van der Waals surface area contributed by atoms with Gasteiger partial charge in [0.15, 0.2) is 5.96 Å². The van der Waals surface area contributed by atoms with Gasteiger partial charge in [0, 0.05) is 70.0 Å². The maximum absolute atomic E-state index is 6.03. The molecule has 2 N–H and O–H groups in total. The molecule has 0 amide bonds. The van der Waals surface area contributed by atoms with Crippen molar-refractivity contribution in [1.82, 2.24) is 25.7 Å². The van der Waals surface area contributed by atoms with E-state index < -0.39 is 0 Å². The lowest BCUT2D eigenvalue weighted by Gasteiger charge is -2.33. The van der Waals surface area contributed by atoms with Crippen LogP contribution in [0.4, 0.5) is 0 Å². The number of aliphatic imine (C=N–C) groups is 1. The Labute approximate surface area is 206 Å². The zero-order valence-electron chi connectivity index (χ0n) is 18.1. The summed E-state index contributed by atoms with van der Waals surface area (Å²) in [7, 11) is 3.55. The van der Waals surface area contributed by atoms with E-state index in [0.29, 0.717) is 35.7 Å². The standard InChI is InChI=1S/C21H31ClN6O2.HI/c1-23-21(25-18-8-12-28(13-9-18)11-4-14-29-2)24-10-7-19-26-20(27-30-19)16-5-3-6-17(22)15-16;/h3,5-6,15,18H,4,7-14H2,1-2H3,(H2,23,24,25);1H. The molecule has 0 radical (unpaired) electrons. The summed E-state index contributed by atoms with van der Waals surface area (Å²) in [5, 5.41) is 11.6. The Balaban J connectivity index is 0.00000341. The van der Waals surface area contributed by atoms with Gasteiger partial charge in [-0.05, 0) is 31.4 Å². The van der Waals surface area contributed by atoms with Crippen molar-refractivity contribution < 1.29 is 9.26 Å². The second kappa shape index (κ2) is 13.9. The first-order valence-corrected chi connectivity index (χ1v) is 10.8. The molecule has 3 rings (SSSR count). The van der Waals surface area contributed by atoms with Crippen molar-refractivity contribution in [3.05, 3.63) is 35.2 Å². The second-order valence-electron chi connectivity index (χ2n) is 7.38. The van der Waals surface area contributed by atoms with Gasteiger partial charge in [0.2, 0.25) is 11.7 Å². The fraction of sp³-hybridized carbons (Fsp3) is 0.571. The first kappa shape index (κ1) is 25.8. The highest BCUT2D eigenvalue weighted by Crippen LogP contribution is 2.20. The van der Waals surface area contributed by atoms with Crippen LogP contribution in [0.3, 0.4) is 0 Å². The smallest absolute Gasteiger partial charge is 0.228 e. The topological polar surface area (TPSA) is 87.8 Å². The highest BCUT2D eigenvalue weighted by atomic mass is 127. The lowest BCUT2D eigenvalue weighted by molar-refractivity contribution is 0.155. The van der Waals surface area contributed by atoms with Gasteiger partial charge in [-0.25, -0.2) is 0 Å². The number of nitrogens with one attached hydrogen (secondary N) is 2. The molecule has 172 valence electrons. The molecule has 1 aromatic carbocycles. The Morgan fingerprint density at radius 3 is 2.87 bits per heavy atom. The summed E-state index contributed by atoms with van der Waals surface area (Å²) in [6.07, 6.45) is 3.93. The largest absolute Gasteiger partial charge is 0.385 e. The van der Waals surface area contributed by atoms with Crippen LogP contribution in [-0.2, 0) is 11.2 Å². The molecule has 10 heteroatoms. The first-order chi connectivity index (χ1) is 14.7. The van der Waals surface area contributed by atoms with Crippen LogP contribution in [0.1, 0.15) is 25.2 Å². The van der Waals surface area contributed by atoms with Crippen molar-refractivity contribution >= 4 is 41.5 Å². The molecule has 0 spiro atoms. The summed E-state index contributed by atoms with van der Waals surface area (Å²) < 4.78 is 10.5. The number of rotatable bonds is 9. The van der Waals surface area contributed by atoms with Gasteiger partial charge in [0.05, 0.1) is 0 Å². The van der Waals surface area contributed by atoms with Crippen LogP contribution in [0.15, 0.2) is 33.8 Å². The number of halogens is 2. The lowest BCUT2D eigenvalue weighted by Crippen LogP contribution is -2.49. The normalized spacial score (nSPS) is 15.5. The Morgan fingerprint density at radius 2 is 2.16 bits per heavy atom. The van der Waals surface area contributed by atoms with Crippen molar-refractivity contribution in [2.24, 2.45) is 4.99 Å². The Bertz CT molecular complexity index is 811. The molecule has 0 bridgehead atoms. The fourth-order valence-corrected chi connectivity index (χ4v) is 3.70. The van der Waals surface area contributed by atoms with Gasteiger partial charge in [0.1, 0.15) is 0 Å². The molecule has 8 nitrogen and oxygen atoms in total. The summed E-state index contributed by atoms with van der Waals surface area (Å²) in [5.74, 6) is 1.94. The maximum Gasteiger partial charge on any atom is 0.228 e. The second-order valence-corrected chi connectivity index (χ2v) is 7.81. The monoisotopic (exact) mass is 562 g/mol.